The zero-order valence-electron chi connectivity index (χ0n) is 11.2. The van der Waals surface area contributed by atoms with Gasteiger partial charge in [-0.3, -0.25) is 4.79 Å². The third-order valence-corrected chi connectivity index (χ3v) is 4.38. The number of rotatable bonds is 4. The zero-order chi connectivity index (χ0) is 15.5. The van der Waals surface area contributed by atoms with E-state index in [-0.39, 0.29) is 12.5 Å². The van der Waals surface area contributed by atoms with Crippen molar-refractivity contribution in [1.29, 1.82) is 0 Å². The van der Waals surface area contributed by atoms with Crippen LogP contribution in [0.3, 0.4) is 0 Å². The Hall–Kier alpha value is -1.82. The van der Waals surface area contributed by atoms with Crippen molar-refractivity contribution >= 4 is 40.4 Å². The highest BCUT2D eigenvalue weighted by Gasteiger charge is 2.13. The second-order valence-electron chi connectivity index (χ2n) is 4.47. The summed E-state index contributed by atoms with van der Waals surface area (Å²) in [6.07, 6.45) is 0. The molecular formula is C15H10Cl2N2O2S. The van der Waals surface area contributed by atoms with Gasteiger partial charge in [0.05, 0.1) is 22.0 Å². The van der Waals surface area contributed by atoms with Gasteiger partial charge in [-0.1, -0.05) is 34.4 Å². The molecule has 0 saturated carbocycles. The average Bonchev–Trinajstić information content (AvgIpc) is 3.17. The quantitative estimate of drug-likeness (QED) is 0.743. The lowest BCUT2D eigenvalue weighted by Crippen LogP contribution is -2.23. The van der Waals surface area contributed by atoms with E-state index in [9.17, 15) is 4.79 Å². The second kappa shape index (κ2) is 6.52. The molecule has 2 aromatic heterocycles. The minimum atomic E-state index is -0.312. The fraction of sp³-hybridized carbons (Fsp3) is 0.0667. The van der Waals surface area contributed by atoms with Crippen molar-refractivity contribution < 1.29 is 9.32 Å². The van der Waals surface area contributed by atoms with Crippen LogP contribution in [0.15, 0.2) is 46.3 Å². The third kappa shape index (κ3) is 3.32. The van der Waals surface area contributed by atoms with Gasteiger partial charge in [0.15, 0.2) is 5.76 Å². The van der Waals surface area contributed by atoms with Gasteiger partial charge in [0.2, 0.25) is 0 Å². The van der Waals surface area contributed by atoms with Crippen LogP contribution in [0, 0.1) is 0 Å². The molecule has 7 heteroatoms. The minimum absolute atomic E-state index is 0.247. The van der Waals surface area contributed by atoms with E-state index >= 15 is 0 Å². The molecular weight excluding hydrogens is 343 g/mol. The summed E-state index contributed by atoms with van der Waals surface area (Å²) in [5, 5.41) is 9.44. The summed E-state index contributed by atoms with van der Waals surface area (Å²) in [6.45, 7) is 0.247. The summed E-state index contributed by atoms with van der Waals surface area (Å²) in [4.78, 5) is 13.1. The average molecular weight is 353 g/mol. The van der Waals surface area contributed by atoms with Gasteiger partial charge in [0, 0.05) is 11.1 Å². The Kier molecular flexibility index (Phi) is 4.47. The minimum Gasteiger partial charge on any atom is -0.355 e. The fourth-order valence-corrected chi connectivity index (χ4v) is 2.92. The van der Waals surface area contributed by atoms with Gasteiger partial charge in [0.25, 0.3) is 5.91 Å². The molecule has 0 aliphatic carbocycles. The van der Waals surface area contributed by atoms with Crippen molar-refractivity contribution in [2.24, 2.45) is 0 Å². The second-order valence-corrected chi connectivity index (χ2v) is 6.26. The van der Waals surface area contributed by atoms with Crippen molar-refractivity contribution in [2.45, 2.75) is 6.54 Å². The first kappa shape index (κ1) is 15.1. The van der Waals surface area contributed by atoms with E-state index in [2.05, 4.69) is 10.5 Å². The smallest absolute Gasteiger partial charge is 0.253 e. The van der Waals surface area contributed by atoms with Crippen molar-refractivity contribution in [2.75, 3.05) is 0 Å². The van der Waals surface area contributed by atoms with Crippen LogP contribution in [0.5, 0.6) is 0 Å². The third-order valence-electron chi connectivity index (χ3n) is 2.93. The molecule has 3 aromatic rings. The Morgan fingerprint density at radius 3 is 2.91 bits per heavy atom. The van der Waals surface area contributed by atoms with Gasteiger partial charge in [0.1, 0.15) is 5.69 Å². The molecule has 3 rings (SSSR count). The van der Waals surface area contributed by atoms with Crippen LogP contribution in [0.25, 0.3) is 10.6 Å². The maximum absolute atomic E-state index is 12.1. The number of nitrogens with one attached hydrogen (secondary N) is 1. The molecule has 0 fully saturated rings. The number of nitrogens with zero attached hydrogens (tertiary/aromatic N) is 1. The van der Waals surface area contributed by atoms with Gasteiger partial charge < -0.3 is 9.84 Å². The number of hydrogen-bond donors (Lipinski definition) is 1. The summed E-state index contributed by atoms with van der Waals surface area (Å²) in [5.74, 6) is 0.369. The lowest BCUT2D eigenvalue weighted by atomic mass is 10.2. The number of hydrogen-bond acceptors (Lipinski definition) is 4. The van der Waals surface area contributed by atoms with E-state index < -0.39 is 0 Å². The first-order valence-corrected chi connectivity index (χ1v) is 8.00. The van der Waals surface area contributed by atoms with Crippen molar-refractivity contribution in [3.8, 4) is 10.6 Å². The predicted molar refractivity (Wildman–Crippen MR) is 87.4 cm³/mol. The highest BCUT2D eigenvalue weighted by Crippen LogP contribution is 2.25. The lowest BCUT2D eigenvalue weighted by molar-refractivity contribution is 0.0950. The maximum atomic E-state index is 12.1. The lowest BCUT2D eigenvalue weighted by Gasteiger charge is -2.05. The summed E-state index contributed by atoms with van der Waals surface area (Å²) in [5.41, 5.74) is 0.964. The molecule has 0 aliphatic heterocycles. The largest absolute Gasteiger partial charge is 0.355 e. The zero-order valence-corrected chi connectivity index (χ0v) is 13.5. The topological polar surface area (TPSA) is 55.1 Å². The molecule has 1 N–H and O–H groups in total. The molecule has 112 valence electrons. The van der Waals surface area contributed by atoms with Crippen molar-refractivity contribution in [1.82, 2.24) is 10.5 Å². The van der Waals surface area contributed by atoms with E-state index in [4.69, 9.17) is 27.7 Å². The summed E-state index contributed by atoms with van der Waals surface area (Å²) in [7, 11) is 0. The van der Waals surface area contributed by atoms with E-state index in [1.165, 1.54) is 6.07 Å². The predicted octanol–water partition coefficient (Wildman–Crippen LogP) is 4.64. The van der Waals surface area contributed by atoms with Gasteiger partial charge >= 0.3 is 0 Å². The van der Waals surface area contributed by atoms with E-state index in [1.807, 2.05) is 17.5 Å². The number of halogens is 2. The molecule has 0 bridgehead atoms. The molecule has 1 aromatic carbocycles. The Morgan fingerprint density at radius 2 is 2.14 bits per heavy atom. The molecule has 2 heterocycles. The summed E-state index contributed by atoms with van der Waals surface area (Å²) in [6, 6.07) is 10.4. The molecule has 0 aliphatic rings. The Labute approximate surface area is 140 Å². The number of aromatic nitrogens is 1. The Balaban J connectivity index is 1.67. The SMILES string of the molecule is O=C(NCc1cc(-c2cccs2)on1)c1cc(Cl)ccc1Cl. The molecule has 22 heavy (non-hydrogen) atoms. The van der Waals surface area contributed by atoms with E-state index in [0.29, 0.717) is 27.1 Å². The highest BCUT2D eigenvalue weighted by molar-refractivity contribution is 7.13. The van der Waals surface area contributed by atoms with Crippen LogP contribution in [0.1, 0.15) is 16.1 Å². The standard InChI is InChI=1S/C15H10Cl2N2O2S/c16-9-3-4-12(17)11(6-9)15(20)18-8-10-7-13(21-19-10)14-2-1-5-22-14/h1-7H,8H2,(H,18,20). The van der Waals surface area contributed by atoms with Gasteiger partial charge in [-0.25, -0.2) is 0 Å². The van der Waals surface area contributed by atoms with Gasteiger partial charge in [-0.05, 0) is 29.6 Å². The van der Waals surface area contributed by atoms with Crippen LogP contribution in [0.4, 0.5) is 0 Å². The Bertz CT molecular complexity index is 800. The van der Waals surface area contributed by atoms with Crippen LogP contribution < -0.4 is 5.32 Å². The van der Waals surface area contributed by atoms with Crippen molar-refractivity contribution in [3.63, 3.8) is 0 Å². The normalized spacial score (nSPS) is 10.6. The van der Waals surface area contributed by atoms with E-state index in [0.717, 1.165) is 4.88 Å². The molecule has 4 nitrogen and oxygen atoms in total. The molecule has 0 unspecified atom stereocenters. The van der Waals surface area contributed by atoms with E-state index in [1.54, 1.807) is 29.5 Å². The highest BCUT2D eigenvalue weighted by atomic mass is 35.5. The number of amides is 1. The first-order chi connectivity index (χ1) is 10.6. The summed E-state index contributed by atoms with van der Waals surface area (Å²) < 4.78 is 5.25. The van der Waals surface area contributed by atoms with Crippen LogP contribution >= 0.6 is 34.5 Å². The molecule has 0 saturated heterocycles. The van der Waals surface area contributed by atoms with Crippen molar-refractivity contribution in [3.05, 3.63) is 63.1 Å². The number of benzene rings is 1. The van der Waals surface area contributed by atoms with Gasteiger partial charge in [-0.2, -0.15) is 0 Å². The monoisotopic (exact) mass is 352 g/mol. The summed E-state index contributed by atoms with van der Waals surface area (Å²) >= 11 is 13.4. The molecule has 0 radical (unpaired) electrons. The molecule has 0 spiro atoms. The number of carbonyl (C=O) groups is 1. The maximum Gasteiger partial charge on any atom is 0.253 e. The first-order valence-electron chi connectivity index (χ1n) is 6.36. The van der Waals surface area contributed by atoms with Crippen LogP contribution in [-0.4, -0.2) is 11.1 Å². The number of carbonyl (C=O) groups excluding carboxylic acids is 1. The molecule has 0 atom stereocenters. The molecule has 1 amide bonds. The van der Waals surface area contributed by atoms with Crippen LogP contribution in [-0.2, 0) is 6.54 Å². The van der Waals surface area contributed by atoms with Gasteiger partial charge in [-0.15, -0.1) is 11.3 Å². The number of thiophene rings is 1. The fourth-order valence-electron chi connectivity index (χ4n) is 1.87. The van der Waals surface area contributed by atoms with Crippen LogP contribution in [0.2, 0.25) is 10.0 Å². The Morgan fingerprint density at radius 1 is 1.27 bits per heavy atom.